The SMILES string of the molecule is Cc1[nH]nc(NC(=O)c2cn(C)cn2)c1C. The van der Waals surface area contributed by atoms with Crippen LogP contribution < -0.4 is 5.32 Å². The summed E-state index contributed by atoms with van der Waals surface area (Å²) in [6.45, 7) is 3.80. The number of anilines is 1. The van der Waals surface area contributed by atoms with Crippen molar-refractivity contribution in [3.05, 3.63) is 29.5 Å². The second kappa shape index (κ2) is 3.80. The van der Waals surface area contributed by atoms with Gasteiger partial charge in [0.1, 0.15) is 5.69 Å². The van der Waals surface area contributed by atoms with E-state index in [0.29, 0.717) is 11.5 Å². The smallest absolute Gasteiger partial charge is 0.277 e. The number of aryl methyl sites for hydroxylation is 2. The fourth-order valence-corrected chi connectivity index (χ4v) is 1.31. The number of hydrogen-bond donors (Lipinski definition) is 2. The predicted octanol–water partition coefficient (Wildman–Crippen LogP) is 1.01. The van der Waals surface area contributed by atoms with Gasteiger partial charge in [-0.2, -0.15) is 5.10 Å². The molecule has 0 spiro atoms. The molecule has 0 bridgehead atoms. The Morgan fingerprint density at radius 1 is 1.50 bits per heavy atom. The van der Waals surface area contributed by atoms with Gasteiger partial charge < -0.3 is 9.88 Å². The molecule has 2 rings (SSSR count). The Morgan fingerprint density at radius 3 is 2.75 bits per heavy atom. The molecule has 16 heavy (non-hydrogen) atoms. The van der Waals surface area contributed by atoms with Crippen LogP contribution in [0.4, 0.5) is 5.82 Å². The summed E-state index contributed by atoms with van der Waals surface area (Å²) in [5, 5.41) is 9.51. The van der Waals surface area contributed by atoms with Crippen LogP contribution in [-0.2, 0) is 7.05 Å². The third-order valence-electron chi connectivity index (χ3n) is 2.42. The van der Waals surface area contributed by atoms with E-state index in [9.17, 15) is 4.79 Å². The molecule has 0 atom stereocenters. The lowest BCUT2D eigenvalue weighted by atomic mass is 10.3. The van der Waals surface area contributed by atoms with Crippen molar-refractivity contribution < 1.29 is 4.79 Å². The largest absolute Gasteiger partial charge is 0.340 e. The van der Waals surface area contributed by atoms with E-state index in [1.54, 1.807) is 17.1 Å². The van der Waals surface area contributed by atoms with E-state index < -0.39 is 0 Å². The van der Waals surface area contributed by atoms with Crippen LogP contribution in [0.5, 0.6) is 0 Å². The summed E-state index contributed by atoms with van der Waals surface area (Å²) in [5.74, 6) is 0.295. The van der Waals surface area contributed by atoms with Crippen LogP contribution in [-0.4, -0.2) is 25.7 Å². The van der Waals surface area contributed by atoms with Crippen LogP contribution in [0.15, 0.2) is 12.5 Å². The van der Waals surface area contributed by atoms with Crippen molar-refractivity contribution in [2.24, 2.45) is 7.05 Å². The Bertz CT molecular complexity index is 525. The van der Waals surface area contributed by atoms with E-state index in [1.165, 1.54) is 0 Å². The van der Waals surface area contributed by atoms with Crippen molar-refractivity contribution in [3.63, 3.8) is 0 Å². The zero-order valence-corrected chi connectivity index (χ0v) is 9.40. The minimum absolute atomic E-state index is 0.254. The molecular formula is C10H13N5O. The maximum Gasteiger partial charge on any atom is 0.277 e. The van der Waals surface area contributed by atoms with Crippen molar-refractivity contribution in [3.8, 4) is 0 Å². The number of aromatic nitrogens is 4. The number of rotatable bonds is 2. The molecule has 84 valence electrons. The fourth-order valence-electron chi connectivity index (χ4n) is 1.31. The highest BCUT2D eigenvalue weighted by Crippen LogP contribution is 2.14. The highest BCUT2D eigenvalue weighted by atomic mass is 16.2. The normalized spacial score (nSPS) is 10.4. The molecule has 0 saturated carbocycles. The average Bonchev–Trinajstić information content (AvgIpc) is 2.79. The molecule has 2 heterocycles. The maximum atomic E-state index is 11.7. The van der Waals surface area contributed by atoms with Crippen molar-refractivity contribution in [1.29, 1.82) is 0 Å². The molecule has 6 nitrogen and oxygen atoms in total. The van der Waals surface area contributed by atoms with Crippen molar-refractivity contribution >= 4 is 11.7 Å². The number of carbonyl (C=O) groups excluding carboxylic acids is 1. The minimum atomic E-state index is -0.254. The molecule has 2 N–H and O–H groups in total. The molecule has 2 aromatic rings. The fraction of sp³-hybridized carbons (Fsp3) is 0.300. The van der Waals surface area contributed by atoms with Crippen LogP contribution in [0, 0.1) is 13.8 Å². The van der Waals surface area contributed by atoms with E-state index in [4.69, 9.17) is 0 Å². The van der Waals surface area contributed by atoms with Gasteiger partial charge in [-0.3, -0.25) is 9.89 Å². The van der Waals surface area contributed by atoms with Gasteiger partial charge in [0, 0.05) is 24.5 Å². The van der Waals surface area contributed by atoms with Gasteiger partial charge in [-0.1, -0.05) is 0 Å². The summed E-state index contributed by atoms with van der Waals surface area (Å²) in [6, 6.07) is 0. The summed E-state index contributed by atoms with van der Waals surface area (Å²) in [6.07, 6.45) is 3.24. The molecule has 0 unspecified atom stereocenters. The molecule has 0 aliphatic heterocycles. The van der Waals surface area contributed by atoms with Gasteiger partial charge in [-0.15, -0.1) is 0 Å². The Morgan fingerprint density at radius 2 is 2.25 bits per heavy atom. The number of nitrogens with one attached hydrogen (secondary N) is 2. The first-order chi connectivity index (χ1) is 7.58. The summed E-state index contributed by atoms with van der Waals surface area (Å²) in [4.78, 5) is 15.7. The van der Waals surface area contributed by atoms with Crippen LogP contribution in [0.3, 0.4) is 0 Å². The molecule has 1 amide bonds. The van der Waals surface area contributed by atoms with Gasteiger partial charge in [0.25, 0.3) is 5.91 Å². The van der Waals surface area contributed by atoms with E-state index in [-0.39, 0.29) is 5.91 Å². The Kier molecular flexibility index (Phi) is 2.47. The first-order valence-electron chi connectivity index (χ1n) is 4.89. The van der Waals surface area contributed by atoms with Crippen molar-refractivity contribution in [2.45, 2.75) is 13.8 Å². The molecule has 0 saturated heterocycles. The Labute approximate surface area is 92.7 Å². The second-order valence-corrected chi connectivity index (χ2v) is 3.70. The van der Waals surface area contributed by atoms with Gasteiger partial charge in [-0.25, -0.2) is 4.98 Å². The van der Waals surface area contributed by atoms with E-state index in [0.717, 1.165) is 11.3 Å². The first-order valence-corrected chi connectivity index (χ1v) is 4.89. The third-order valence-corrected chi connectivity index (χ3v) is 2.42. The monoisotopic (exact) mass is 219 g/mol. The molecular weight excluding hydrogens is 206 g/mol. The number of carbonyl (C=O) groups is 1. The van der Waals surface area contributed by atoms with Gasteiger partial charge in [-0.05, 0) is 13.8 Å². The lowest BCUT2D eigenvalue weighted by Gasteiger charge is -1.99. The molecule has 0 aromatic carbocycles. The summed E-state index contributed by atoms with van der Waals surface area (Å²) in [5.41, 5.74) is 2.25. The molecule has 0 aliphatic carbocycles. The number of imidazole rings is 1. The predicted molar refractivity (Wildman–Crippen MR) is 59.2 cm³/mol. The van der Waals surface area contributed by atoms with Crippen LogP contribution in [0.2, 0.25) is 0 Å². The highest BCUT2D eigenvalue weighted by molar-refractivity contribution is 6.02. The summed E-state index contributed by atoms with van der Waals surface area (Å²) < 4.78 is 1.72. The third kappa shape index (κ3) is 1.81. The van der Waals surface area contributed by atoms with Gasteiger partial charge in [0.2, 0.25) is 0 Å². The van der Waals surface area contributed by atoms with Crippen LogP contribution >= 0.6 is 0 Å². The number of nitrogens with zero attached hydrogens (tertiary/aromatic N) is 3. The van der Waals surface area contributed by atoms with E-state index in [1.807, 2.05) is 20.9 Å². The highest BCUT2D eigenvalue weighted by Gasteiger charge is 2.12. The first kappa shape index (κ1) is 10.4. The second-order valence-electron chi connectivity index (χ2n) is 3.70. The topological polar surface area (TPSA) is 75.6 Å². The lowest BCUT2D eigenvalue weighted by molar-refractivity contribution is 0.102. The quantitative estimate of drug-likeness (QED) is 0.791. The molecule has 2 aromatic heterocycles. The number of aromatic amines is 1. The van der Waals surface area contributed by atoms with Crippen molar-refractivity contribution in [1.82, 2.24) is 19.7 Å². The minimum Gasteiger partial charge on any atom is -0.340 e. The summed E-state index contributed by atoms with van der Waals surface area (Å²) >= 11 is 0. The van der Waals surface area contributed by atoms with E-state index >= 15 is 0 Å². The molecule has 0 radical (unpaired) electrons. The summed E-state index contributed by atoms with van der Waals surface area (Å²) in [7, 11) is 1.81. The standard InChI is InChI=1S/C10H13N5O/c1-6-7(2)13-14-9(6)12-10(16)8-4-15(3)5-11-8/h4-5H,1-3H3,(H2,12,13,14,16). The molecule has 6 heteroatoms. The Hall–Kier alpha value is -2.11. The Balaban J connectivity index is 2.17. The van der Waals surface area contributed by atoms with Gasteiger partial charge in [0.15, 0.2) is 5.82 Å². The number of H-pyrrole nitrogens is 1. The molecule has 0 fully saturated rings. The lowest BCUT2D eigenvalue weighted by Crippen LogP contribution is -2.13. The van der Waals surface area contributed by atoms with Gasteiger partial charge >= 0.3 is 0 Å². The maximum absolute atomic E-state index is 11.7. The van der Waals surface area contributed by atoms with E-state index in [2.05, 4.69) is 20.5 Å². The van der Waals surface area contributed by atoms with Crippen LogP contribution in [0.1, 0.15) is 21.7 Å². The van der Waals surface area contributed by atoms with Gasteiger partial charge in [0.05, 0.1) is 6.33 Å². The molecule has 0 aliphatic rings. The average molecular weight is 219 g/mol. The zero-order valence-electron chi connectivity index (χ0n) is 9.40. The number of amides is 1. The van der Waals surface area contributed by atoms with Crippen molar-refractivity contribution in [2.75, 3.05) is 5.32 Å². The van der Waals surface area contributed by atoms with Crippen LogP contribution in [0.25, 0.3) is 0 Å². The zero-order chi connectivity index (χ0) is 11.7. The number of hydrogen-bond acceptors (Lipinski definition) is 3.